The van der Waals surface area contributed by atoms with E-state index in [2.05, 4.69) is 111 Å². The van der Waals surface area contributed by atoms with Crippen molar-refractivity contribution < 1.29 is 42.1 Å². The van der Waals surface area contributed by atoms with Gasteiger partial charge in [-0.15, -0.1) is 0 Å². The highest BCUT2D eigenvalue weighted by Gasteiger charge is 2.22. The van der Waals surface area contributed by atoms with Gasteiger partial charge in [0.15, 0.2) is 6.10 Å². The highest BCUT2D eigenvalue weighted by atomic mass is 31.2. The van der Waals surface area contributed by atoms with E-state index in [1.54, 1.807) is 0 Å². The molecule has 0 aromatic carbocycles. The highest BCUT2D eigenvalue weighted by Crippen LogP contribution is 2.38. The Morgan fingerprint density at radius 2 is 0.606 bits per heavy atom. The zero-order valence-electron chi connectivity index (χ0n) is 62.4. The van der Waals surface area contributed by atoms with Crippen molar-refractivity contribution in [2.24, 2.45) is 0 Å². The smallest absolute Gasteiger partial charge is 0.306 e. The van der Waals surface area contributed by atoms with Crippen molar-refractivity contribution in [3.63, 3.8) is 0 Å². The Labute approximate surface area is 583 Å². The topological polar surface area (TPSA) is 111 Å². The van der Waals surface area contributed by atoms with Crippen molar-refractivity contribution in [3.05, 3.63) is 97.2 Å². The average Bonchev–Trinajstić information content (AvgIpc) is 1.65. The lowest BCUT2D eigenvalue weighted by molar-refractivity contribution is -0.870. The maximum absolute atomic E-state index is 12.9. The van der Waals surface area contributed by atoms with E-state index in [1.807, 2.05) is 21.1 Å². The van der Waals surface area contributed by atoms with E-state index in [4.69, 9.17) is 18.5 Å². The maximum atomic E-state index is 12.9. The molecule has 2 unspecified atom stereocenters. The molecule has 0 N–H and O–H groups in total. The maximum Gasteiger partial charge on any atom is 0.306 e. The largest absolute Gasteiger partial charge is 0.756 e. The molecule has 94 heavy (non-hydrogen) atoms. The highest BCUT2D eigenvalue weighted by molar-refractivity contribution is 7.45. The summed E-state index contributed by atoms with van der Waals surface area (Å²) in [6.45, 7) is 4.16. The first kappa shape index (κ1) is 90.9. The molecule has 0 spiro atoms. The van der Waals surface area contributed by atoms with Gasteiger partial charge in [-0.1, -0.05) is 361 Å². The Balaban J connectivity index is 3.91. The fourth-order valence-corrected chi connectivity index (χ4v) is 12.2. The second-order valence-electron chi connectivity index (χ2n) is 28.0. The van der Waals surface area contributed by atoms with Crippen LogP contribution in [0.15, 0.2) is 97.2 Å². The Hall–Kier alpha value is -3.07. The quantitative estimate of drug-likeness (QED) is 0.0195. The summed E-state index contributed by atoms with van der Waals surface area (Å²) in [7, 11) is 1.17. The normalized spacial score (nSPS) is 13.6. The lowest BCUT2D eigenvalue weighted by Gasteiger charge is -2.28. The number of rotatable bonds is 74. The molecule has 0 aliphatic heterocycles. The fourth-order valence-electron chi connectivity index (χ4n) is 11.5. The van der Waals surface area contributed by atoms with Gasteiger partial charge in [0.1, 0.15) is 19.8 Å². The molecule has 10 heteroatoms. The number of quaternary nitrogens is 1. The van der Waals surface area contributed by atoms with E-state index in [9.17, 15) is 19.0 Å². The summed E-state index contributed by atoms with van der Waals surface area (Å²) in [5.41, 5.74) is 0. The molecular formula is C84H152NO8P. The predicted molar refractivity (Wildman–Crippen MR) is 406 cm³/mol. The van der Waals surface area contributed by atoms with E-state index in [0.717, 1.165) is 83.5 Å². The number of phosphoric acid groups is 1. The van der Waals surface area contributed by atoms with Gasteiger partial charge in [-0.3, -0.25) is 14.2 Å². The Kier molecular flexibility index (Phi) is 71.7. The third kappa shape index (κ3) is 77.9. The number of hydrogen-bond acceptors (Lipinski definition) is 8. The number of esters is 2. The molecule has 0 aliphatic rings. The summed E-state index contributed by atoms with van der Waals surface area (Å²) in [6, 6.07) is 0. The van der Waals surface area contributed by atoms with Crippen molar-refractivity contribution in [2.45, 2.75) is 380 Å². The van der Waals surface area contributed by atoms with E-state index in [1.165, 1.54) is 257 Å². The van der Waals surface area contributed by atoms with E-state index < -0.39 is 26.5 Å². The third-order valence-electron chi connectivity index (χ3n) is 17.6. The fraction of sp³-hybridized carbons (Fsp3) is 0.786. The van der Waals surface area contributed by atoms with Crippen LogP contribution in [0.25, 0.3) is 0 Å². The molecule has 0 amide bonds. The van der Waals surface area contributed by atoms with Gasteiger partial charge in [-0.05, 0) is 96.3 Å². The average molecular weight is 1340 g/mol. The van der Waals surface area contributed by atoms with Gasteiger partial charge in [0.25, 0.3) is 7.82 Å². The van der Waals surface area contributed by atoms with Crippen molar-refractivity contribution in [3.8, 4) is 0 Å². The monoisotopic (exact) mass is 1330 g/mol. The van der Waals surface area contributed by atoms with Gasteiger partial charge < -0.3 is 27.9 Å². The van der Waals surface area contributed by atoms with Crippen LogP contribution in [0.2, 0.25) is 0 Å². The van der Waals surface area contributed by atoms with Gasteiger partial charge in [0, 0.05) is 12.8 Å². The molecule has 0 aliphatic carbocycles. The molecule has 0 saturated heterocycles. The molecule has 0 rings (SSSR count). The standard InChI is InChI=1S/C84H152NO8P/c1-6-8-10-12-14-16-18-20-22-24-26-28-30-32-34-36-37-38-39-40-41-42-43-44-45-46-47-49-50-52-54-56-58-60-62-64-66-68-70-72-74-76-83(86)90-80-82(81-92-94(88,89)91-79-78-85(3,4)5)93-84(87)77-75-73-71-69-67-65-63-61-59-57-55-53-51-48-35-33-31-29-27-25-23-21-19-17-15-13-11-9-7-2/h9,11,15,17-18,20-21,23-24,26-27,29-30,32-33,35,82H,6-8,10,12-14,16,19,22,25,28,31,34,36-81H2,1-5H3/b11-9-,17-15-,20-18-,23-21-,26-24-,29-27-,32-30-,35-33-. The number of allylic oxidation sites excluding steroid dienone is 16. The minimum absolute atomic E-state index is 0.0321. The van der Waals surface area contributed by atoms with Gasteiger partial charge >= 0.3 is 11.9 Å². The van der Waals surface area contributed by atoms with Crippen molar-refractivity contribution >= 4 is 19.8 Å². The molecule has 0 heterocycles. The Morgan fingerprint density at radius 3 is 0.904 bits per heavy atom. The molecule has 0 saturated carbocycles. The van der Waals surface area contributed by atoms with E-state index in [-0.39, 0.29) is 32.0 Å². The van der Waals surface area contributed by atoms with Gasteiger partial charge in [0.2, 0.25) is 0 Å². The number of nitrogens with zero attached hydrogens (tertiary/aromatic N) is 1. The Morgan fingerprint density at radius 1 is 0.340 bits per heavy atom. The van der Waals surface area contributed by atoms with Crippen LogP contribution in [0.1, 0.15) is 373 Å². The van der Waals surface area contributed by atoms with Crippen LogP contribution in [-0.2, 0) is 32.7 Å². The first-order valence-electron chi connectivity index (χ1n) is 39.9. The first-order valence-corrected chi connectivity index (χ1v) is 41.4. The summed E-state index contributed by atoms with van der Waals surface area (Å²) in [4.78, 5) is 38.2. The van der Waals surface area contributed by atoms with Crippen LogP contribution in [0.5, 0.6) is 0 Å². The van der Waals surface area contributed by atoms with Crippen LogP contribution >= 0.6 is 7.82 Å². The summed E-state index contributed by atoms with van der Waals surface area (Å²) in [5.74, 6) is -0.821. The van der Waals surface area contributed by atoms with Gasteiger partial charge in [-0.25, -0.2) is 0 Å². The summed E-state index contributed by atoms with van der Waals surface area (Å²) in [5, 5.41) is 0. The summed E-state index contributed by atoms with van der Waals surface area (Å²) in [6.07, 6.45) is 104. The van der Waals surface area contributed by atoms with Crippen molar-refractivity contribution in [1.29, 1.82) is 0 Å². The van der Waals surface area contributed by atoms with E-state index >= 15 is 0 Å². The molecule has 9 nitrogen and oxygen atoms in total. The third-order valence-corrected chi connectivity index (χ3v) is 18.6. The molecule has 0 radical (unpaired) electrons. The molecule has 0 aromatic rings. The van der Waals surface area contributed by atoms with E-state index in [0.29, 0.717) is 17.4 Å². The Bertz CT molecular complexity index is 1910. The van der Waals surface area contributed by atoms with Crippen LogP contribution in [0, 0.1) is 0 Å². The SMILES string of the molecule is CC/C=C\C/C=C\C/C=C\C/C=C\C/C=C\CCCCCCCCCCCCCCCC(=O)OC(COC(=O)CCCCCCCCCCCCCCCCCCCCCCCCCCCC/C=C\C/C=C\C/C=C\CCCCCCC)COP(=O)([O-])OCC[N+](C)(C)C. The molecule has 0 fully saturated rings. The summed E-state index contributed by atoms with van der Waals surface area (Å²) < 4.78 is 34.4. The number of ether oxygens (including phenoxy) is 2. The second kappa shape index (κ2) is 74.2. The summed E-state index contributed by atoms with van der Waals surface area (Å²) >= 11 is 0. The minimum atomic E-state index is -4.65. The number of likely N-dealkylation sites (N-methyl/N-ethyl adjacent to an activating group) is 1. The van der Waals surface area contributed by atoms with Crippen LogP contribution in [-0.4, -0.2) is 70.0 Å². The number of phosphoric ester groups is 1. The number of carbonyl (C=O) groups is 2. The molecule has 0 aromatic heterocycles. The lowest BCUT2D eigenvalue weighted by Crippen LogP contribution is -2.37. The minimum Gasteiger partial charge on any atom is -0.756 e. The van der Waals surface area contributed by atoms with Gasteiger partial charge in [-0.2, -0.15) is 0 Å². The van der Waals surface area contributed by atoms with Gasteiger partial charge in [0.05, 0.1) is 27.7 Å². The zero-order valence-corrected chi connectivity index (χ0v) is 63.3. The van der Waals surface area contributed by atoms with Crippen molar-refractivity contribution in [2.75, 3.05) is 47.5 Å². The molecule has 546 valence electrons. The zero-order chi connectivity index (χ0) is 68.3. The lowest BCUT2D eigenvalue weighted by atomic mass is 10.0. The van der Waals surface area contributed by atoms with Crippen molar-refractivity contribution in [1.82, 2.24) is 0 Å². The number of unbranched alkanes of at least 4 members (excludes halogenated alkanes) is 44. The predicted octanol–water partition coefficient (Wildman–Crippen LogP) is 26.0. The van der Waals surface area contributed by atoms with Crippen LogP contribution < -0.4 is 4.89 Å². The number of hydrogen-bond donors (Lipinski definition) is 0. The first-order chi connectivity index (χ1) is 46.0. The number of carbonyl (C=O) groups excluding carboxylic acids is 2. The molecular weight excluding hydrogens is 1180 g/mol. The van der Waals surface area contributed by atoms with Crippen LogP contribution in [0.4, 0.5) is 0 Å². The molecule has 2 atom stereocenters. The second-order valence-corrected chi connectivity index (χ2v) is 29.5. The van der Waals surface area contributed by atoms with Crippen LogP contribution in [0.3, 0.4) is 0 Å². The molecule has 0 bridgehead atoms.